The Labute approximate surface area is 198 Å². The first-order valence-electron chi connectivity index (χ1n) is 11.6. The van der Waals surface area contributed by atoms with E-state index in [4.69, 9.17) is 4.42 Å². The molecule has 1 aliphatic heterocycles. The van der Waals surface area contributed by atoms with Crippen LogP contribution in [0.3, 0.4) is 0 Å². The average molecular weight is 456 g/mol. The molecule has 1 atom stereocenters. The van der Waals surface area contributed by atoms with E-state index < -0.39 is 0 Å². The van der Waals surface area contributed by atoms with E-state index >= 15 is 0 Å². The molecule has 2 aromatic carbocycles. The molecule has 0 radical (unpaired) electrons. The van der Waals surface area contributed by atoms with Crippen molar-refractivity contribution in [3.63, 3.8) is 0 Å². The Bertz CT molecular complexity index is 1270. The van der Waals surface area contributed by atoms with E-state index in [9.17, 15) is 9.18 Å². The first kappa shape index (κ1) is 22.0. The molecule has 0 spiro atoms. The number of hydrogen-bond donors (Lipinski definition) is 0. The van der Waals surface area contributed by atoms with Gasteiger partial charge in [-0.25, -0.2) is 14.4 Å². The number of pyridine rings is 1. The van der Waals surface area contributed by atoms with Crippen LogP contribution in [0.15, 0.2) is 83.4 Å². The summed E-state index contributed by atoms with van der Waals surface area (Å²) in [7, 11) is 0. The maximum Gasteiger partial charge on any atom is 0.272 e. The molecule has 0 N–H and O–H groups in total. The molecule has 1 amide bonds. The predicted octanol–water partition coefficient (Wildman–Crippen LogP) is 5.41. The molecule has 1 fully saturated rings. The monoisotopic (exact) mass is 455 g/mol. The number of nitrogens with zero attached hydrogens (tertiary/aromatic N) is 3. The SMILES string of the molecule is O=C(c1cccc(Cc2ccccc2F)n1)N1CCC[C@H](c2ncc(Cc3ccccc3)o2)C1. The van der Waals surface area contributed by atoms with Crippen LogP contribution in [0, 0.1) is 5.82 Å². The number of halogens is 1. The van der Waals surface area contributed by atoms with E-state index in [0.29, 0.717) is 48.8 Å². The molecule has 1 saturated heterocycles. The maximum atomic E-state index is 14.0. The Morgan fingerprint density at radius 3 is 2.68 bits per heavy atom. The van der Waals surface area contributed by atoms with Crippen molar-refractivity contribution in [2.24, 2.45) is 0 Å². The molecule has 3 heterocycles. The number of aromatic nitrogens is 2. The van der Waals surface area contributed by atoms with Gasteiger partial charge in [0.15, 0.2) is 5.89 Å². The van der Waals surface area contributed by atoms with E-state index in [1.165, 1.54) is 11.6 Å². The summed E-state index contributed by atoms with van der Waals surface area (Å²) in [6.07, 6.45) is 4.63. The lowest BCUT2D eigenvalue weighted by molar-refractivity contribution is 0.0691. The molecule has 0 aliphatic carbocycles. The Morgan fingerprint density at radius 2 is 1.82 bits per heavy atom. The van der Waals surface area contributed by atoms with Crippen LogP contribution in [0.5, 0.6) is 0 Å². The Hall–Kier alpha value is -3.80. The summed E-state index contributed by atoms with van der Waals surface area (Å²) < 4.78 is 20.1. The zero-order chi connectivity index (χ0) is 23.3. The average Bonchev–Trinajstić information content (AvgIpc) is 3.34. The van der Waals surface area contributed by atoms with Crippen molar-refractivity contribution in [2.75, 3.05) is 13.1 Å². The van der Waals surface area contributed by atoms with Gasteiger partial charge in [0.1, 0.15) is 17.3 Å². The van der Waals surface area contributed by atoms with Crippen LogP contribution in [-0.4, -0.2) is 33.9 Å². The first-order chi connectivity index (χ1) is 16.7. The molecule has 34 heavy (non-hydrogen) atoms. The second kappa shape index (κ2) is 10.00. The molecule has 0 saturated carbocycles. The lowest BCUT2D eigenvalue weighted by Gasteiger charge is -2.31. The molecule has 172 valence electrons. The summed E-state index contributed by atoms with van der Waals surface area (Å²) in [6.45, 7) is 1.22. The minimum absolute atomic E-state index is 0.0591. The largest absolute Gasteiger partial charge is 0.445 e. The zero-order valence-electron chi connectivity index (χ0n) is 18.9. The highest BCUT2D eigenvalue weighted by Gasteiger charge is 2.29. The quantitative estimate of drug-likeness (QED) is 0.390. The summed E-state index contributed by atoms with van der Waals surface area (Å²) in [4.78, 5) is 24.1. The summed E-state index contributed by atoms with van der Waals surface area (Å²) in [5.74, 6) is 1.19. The highest BCUT2D eigenvalue weighted by atomic mass is 19.1. The number of likely N-dealkylation sites (tertiary alicyclic amines) is 1. The lowest BCUT2D eigenvalue weighted by atomic mass is 9.97. The Morgan fingerprint density at radius 1 is 1.00 bits per heavy atom. The van der Waals surface area contributed by atoms with Gasteiger partial charge in [0, 0.05) is 31.6 Å². The molecule has 5 nitrogen and oxygen atoms in total. The Balaban J connectivity index is 1.26. The van der Waals surface area contributed by atoms with Gasteiger partial charge in [0.2, 0.25) is 0 Å². The highest BCUT2D eigenvalue weighted by molar-refractivity contribution is 5.92. The first-order valence-corrected chi connectivity index (χ1v) is 11.6. The van der Waals surface area contributed by atoms with Gasteiger partial charge in [-0.15, -0.1) is 0 Å². The van der Waals surface area contributed by atoms with E-state index in [1.807, 2.05) is 35.2 Å². The number of rotatable bonds is 6. The van der Waals surface area contributed by atoms with E-state index in [2.05, 4.69) is 22.1 Å². The van der Waals surface area contributed by atoms with Crippen molar-refractivity contribution in [3.05, 3.63) is 119 Å². The highest BCUT2D eigenvalue weighted by Crippen LogP contribution is 2.28. The third kappa shape index (κ3) is 5.06. The maximum absolute atomic E-state index is 14.0. The number of hydrogen-bond acceptors (Lipinski definition) is 4. The molecular weight excluding hydrogens is 429 g/mol. The molecule has 5 rings (SSSR count). The van der Waals surface area contributed by atoms with Gasteiger partial charge >= 0.3 is 0 Å². The zero-order valence-corrected chi connectivity index (χ0v) is 18.9. The van der Waals surface area contributed by atoms with Crippen LogP contribution in [0.1, 0.15) is 57.7 Å². The van der Waals surface area contributed by atoms with Crippen molar-refractivity contribution >= 4 is 5.91 Å². The summed E-state index contributed by atoms with van der Waals surface area (Å²) in [5, 5.41) is 0. The number of carbonyl (C=O) groups excluding carboxylic acids is 1. The summed E-state index contributed by atoms with van der Waals surface area (Å²) in [6, 6.07) is 22.1. The molecule has 2 aromatic heterocycles. The second-order valence-electron chi connectivity index (χ2n) is 8.70. The number of piperidine rings is 1. The number of benzene rings is 2. The van der Waals surface area contributed by atoms with Crippen LogP contribution in [0.4, 0.5) is 4.39 Å². The summed E-state index contributed by atoms with van der Waals surface area (Å²) in [5.41, 5.74) is 2.79. The van der Waals surface area contributed by atoms with Gasteiger partial charge in [-0.3, -0.25) is 4.79 Å². The molecule has 0 unspecified atom stereocenters. The molecule has 6 heteroatoms. The van der Waals surface area contributed by atoms with Gasteiger partial charge < -0.3 is 9.32 Å². The van der Waals surface area contributed by atoms with Crippen molar-refractivity contribution in [1.29, 1.82) is 0 Å². The van der Waals surface area contributed by atoms with Crippen molar-refractivity contribution < 1.29 is 13.6 Å². The number of oxazole rings is 1. The van der Waals surface area contributed by atoms with Crippen LogP contribution >= 0.6 is 0 Å². The topological polar surface area (TPSA) is 59.2 Å². The van der Waals surface area contributed by atoms with Crippen LogP contribution in [0.2, 0.25) is 0 Å². The third-order valence-electron chi connectivity index (χ3n) is 6.21. The van der Waals surface area contributed by atoms with E-state index in [1.54, 1.807) is 30.5 Å². The van der Waals surface area contributed by atoms with Crippen molar-refractivity contribution in [1.82, 2.24) is 14.9 Å². The van der Waals surface area contributed by atoms with Crippen LogP contribution < -0.4 is 0 Å². The molecule has 4 aromatic rings. The molecular formula is C28H26FN3O2. The van der Waals surface area contributed by atoms with Crippen LogP contribution in [-0.2, 0) is 12.8 Å². The van der Waals surface area contributed by atoms with Gasteiger partial charge in [-0.1, -0.05) is 54.6 Å². The summed E-state index contributed by atoms with van der Waals surface area (Å²) >= 11 is 0. The van der Waals surface area contributed by atoms with Crippen LogP contribution in [0.25, 0.3) is 0 Å². The fourth-order valence-corrected chi connectivity index (χ4v) is 4.45. The van der Waals surface area contributed by atoms with Gasteiger partial charge in [-0.2, -0.15) is 0 Å². The minimum atomic E-state index is -0.266. The smallest absolute Gasteiger partial charge is 0.272 e. The Kier molecular flexibility index (Phi) is 6.47. The fraction of sp³-hybridized carbons (Fsp3) is 0.250. The predicted molar refractivity (Wildman–Crippen MR) is 127 cm³/mol. The van der Waals surface area contributed by atoms with Crippen molar-refractivity contribution in [2.45, 2.75) is 31.6 Å². The second-order valence-corrected chi connectivity index (χ2v) is 8.70. The number of carbonyl (C=O) groups is 1. The molecule has 0 bridgehead atoms. The number of amides is 1. The standard InChI is InChI=1S/C28H26FN3O2/c29-25-13-5-4-10-21(25)17-23-12-6-14-26(31-23)28(33)32-15-7-11-22(19-32)27-30-18-24(34-27)16-20-8-2-1-3-9-20/h1-6,8-10,12-14,18,22H,7,11,15-17,19H2/t22-/m0/s1. The third-order valence-corrected chi connectivity index (χ3v) is 6.21. The van der Waals surface area contributed by atoms with Crippen molar-refractivity contribution in [3.8, 4) is 0 Å². The normalized spacial score (nSPS) is 15.9. The lowest BCUT2D eigenvalue weighted by Crippen LogP contribution is -2.39. The molecule has 1 aliphatic rings. The fourth-order valence-electron chi connectivity index (χ4n) is 4.45. The van der Waals surface area contributed by atoms with E-state index in [0.717, 1.165) is 18.6 Å². The van der Waals surface area contributed by atoms with E-state index in [-0.39, 0.29) is 17.6 Å². The van der Waals surface area contributed by atoms with Gasteiger partial charge in [0.25, 0.3) is 5.91 Å². The van der Waals surface area contributed by atoms with Gasteiger partial charge in [-0.05, 0) is 42.2 Å². The minimum Gasteiger partial charge on any atom is -0.445 e. The van der Waals surface area contributed by atoms with Gasteiger partial charge in [0.05, 0.1) is 12.1 Å².